The molecular weight excluding hydrogens is 320 g/mol. The topological polar surface area (TPSA) is 41.8 Å². The number of quaternary nitrogens is 1. The highest BCUT2D eigenvalue weighted by molar-refractivity contribution is 7.89. The number of nitrogens with one attached hydrogen (secondary N) is 1. The molecule has 4 nitrogen and oxygen atoms in total. The third-order valence-electron chi connectivity index (χ3n) is 3.96. The minimum Gasteiger partial charge on any atom is -0.300 e. The Morgan fingerprint density at radius 3 is 2.09 bits per heavy atom. The fourth-order valence-electron chi connectivity index (χ4n) is 2.71. The molecule has 0 spiro atoms. The molecule has 2 aromatic rings. The number of para-hydroxylation sites is 1. The van der Waals surface area contributed by atoms with Gasteiger partial charge in [0.15, 0.2) is 0 Å². The van der Waals surface area contributed by atoms with E-state index in [1.165, 1.54) is 10.6 Å². The lowest BCUT2D eigenvalue weighted by molar-refractivity contribution is -0.837. The molecule has 0 aliphatic carbocycles. The van der Waals surface area contributed by atoms with Crippen molar-refractivity contribution >= 4 is 27.3 Å². The highest BCUT2D eigenvalue weighted by Crippen LogP contribution is 2.18. The highest BCUT2D eigenvalue weighted by Gasteiger charge is 2.30. The van der Waals surface area contributed by atoms with E-state index in [9.17, 15) is 8.42 Å². The van der Waals surface area contributed by atoms with E-state index in [1.807, 2.05) is 18.2 Å². The first-order valence-corrected chi connectivity index (χ1v) is 9.05. The largest absolute Gasteiger partial charge is 0.300 e. The normalized spacial score (nSPS) is 17.5. The molecule has 0 atom stereocenters. The van der Waals surface area contributed by atoms with Crippen molar-refractivity contribution in [2.45, 2.75) is 4.90 Å². The van der Waals surface area contributed by atoms with Crippen LogP contribution in [0.2, 0.25) is 5.02 Å². The lowest BCUT2D eigenvalue weighted by Gasteiger charge is -2.31. The Morgan fingerprint density at radius 2 is 1.50 bits per heavy atom. The van der Waals surface area contributed by atoms with Crippen LogP contribution in [-0.4, -0.2) is 38.9 Å². The van der Waals surface area contributed by atoms with Gasteiger partial charge in [-0.3, -0.25) is 0 Å². The van der Waals surface area contributed by atoms with Gasteiger partial charge in [0.05, 0.1) is 31.1 Å². The predicted octanol–water partition coefficient (Wildman–Crippen LogP) is 1.56. The smallest absolute Gasteiger partial charge is 0.243 e. The molecule has 3 rings (SSSR count). The van der Waals surface area contributed by atoms with E-state index in [0.29, 0.717) is 23.0 Å². The van der Waals surface area contributed by atoms with Gasteiger partial charge >= 0.3 is 0 Å². The number of piperazine rings is 1. The summed E-state index contributed by atoms with van der Waals surface area (Å²) in [5.41, 5.74) is 1.21. The zero-order chi connectivity index (χ0) is 15.6. The van der Waals surface area contributed by atoms with Gasteiger partial charge in [0.25, 0.3) is 0 Å². The van der Waals surface area contributed by atoms with Crippen LogP contribution in [0.4, 0.5) is 5.69 Å². The number of halogens is 1. The Bertz CT molecular complexity index is 725. The van der Waals surface area contributed by atoms with Gasteiger partial charge < -0.3 is 4.90 Å². The summed E-state index contributed by atoms with van der Waals surface area (Å²) in [5.74, 6) is 0. The number of benzene rings is 2. The molecule has 0 aromatic heterocycles. The van der Waals surface area contributed by atoms with Crippen LogP contribution in [-0.2, 0) is 10.0 Å². The summed E-state index contributed by atoms with van der Waals surface area (Å²) in [6, 6.07) is 16.5. The second-order valence-corrected chi connectivity index (χ2v) is 7.70. The second kappa shape index (κ2) is 6.38. The monoisotopic (exact) mass is 337 g/mol. The Kier molecular flexibility index (Phi) is 4.49. The van der Waals surface area contributed by atoms with Gasteiger partial charge in [-0.1, -0.05) is 29.8 Å². The maximum Gasteiger partial charge on any atom is 0.243 e. The Morgan fingerprint density at radius 1 is 0.909 bits per heavy atom. The van der Waals surface area contributed by atoms with Gasteiger partial charge in [0.2, 0.25) is 10.0 Å². The molecule has 1 fully saturated rings. The van der Waals surface area contributed by atoms with E-state index in [0.717, 1.165) is 13.1 Å². The zero-order valence-electron chi connectivity index (χ0n) is 12.1. The maximum absolute atomic E-state index is 12.6. The van der Waals surface area contributed by atoms with Crippen molar-refractivity contribution in [2.24, 2.45) is 0 Å². The number of rotatable bonds is 3. The van der Waals surface area contributed by atoms with Crippen LogP contribution in [0, 0.1) is 0 Å². The molecule has 1 aliphatic heterocycles. The lowest BCUT2D eigenvalue weighted by atomic mass is 10.2. The molecule has 2 aromatic carbocycles. The Balaban J connectivity index is 1.72. The molecule has 0 radical (unpaired) electrons. The molecule has 0 amide bonds. The standard InChI is InChI=1S/C16H17ClN2O2S/c17-14-6-8-16(9-7-14)22(20,21)19-12-10-18(11-13-19)15-4-2-1-3-5-15/h1-9H,10-13H2/p+1. The van der Waals surface area contributed by atoms with Gasteiger partial charge in [-0.05, 0) is 36.4 Å². The molecule has 6 heteroatoms. The van der Waals surface area contributed by atoms with Crippen molar-refractivity contribution in [3.8, 4) is 0 Å². The molecule has 22 heavy (non-hydrogen) atoms. The van der Waals surface area contributed by atoms with Crippen LogP contribution >= 0.6 is 11.6 Å². The van der Waals surface area contributed by atoms with E-state index in [4.69, 9.17) is 11.6 Å². The van der Waals surface area contributed by atoms with Crippen molar-refractivity contribution in [3.63, 3.8) is 0 Å². The van der Waals surface area contributed by atoms with E-state index >= 15 is 0 Å². The average molecular weight is 338 g/mol. The van der Waals surface area contributed by atoms with Gasteiger partial charge in [0.1, 0.15) is 5.69 Å². The fourth-order valence-corrected chi connectivity index (χ4v) is 4.28. The first-order chi connectivity index (χ1) is 10.6. The summed E-state index contributed by atoms with van der Waals surface area (Å²) in [5, 5.41) is 0.539. The number of hydrogen-bond acceptors (Lipinski definition) is 2. The van der Waals surface area contributed by atoms with E-state index in [1.54, 1.807) is 28.6 Å². The SMILES string of the molecule is O=S(=O)(c1ccc(Cl)cc1)N1CC[NH+](c2ccccc2)CC1. The van der Waals surface area contributed by atoms with Gasteiger partial charge in [0, 0.05) is 5.02 Å². The highest BCUT2D eigenvalue weighted by atomic mass is 35.5. The molecule has 1 aliphatic rings. The van der Waals surface area contributed by atoms with Crippen molar-refractivity contribution in [1.82, 2.24) is 4.31 Å². The molecule has 1 N–H and O–H groups in total. The molecular formula is C16H18ClN2O2S+. The van der Waals surface area contributed by atoms with Gasteiger partial charge in [-0.15, -0.1) is 0 Å². The van der Waals surface area contributed by atoms with Crippen LogP contribution in [0.3, 0.4) is 0 Å². The summed E-state index contributed by atoms with van der Waals surface area (Å²) in [6.45, 7) is 2.60. The van der Waals surface area contributed by atoms with E-state index in [-0.39, 0.29) is 0 Å². The van der Waals surface area contributed by atoms with Crippen molar-refractivity contribution in [3.05, 3.63) is 59.6 Å². The summed E-state index contributed by atoms with van der Waals surface area (Å²) in [6.07, 6.45) is 0. The van der Waals surface area contributed by atoms with Crippen LogP contribution in [0.15, 0.2) is 59.5 Å². The molecule has 0 saturated carbocycles. The lowest BCUT2D eigenvalue weighted by Crippen LogP contribution is -3.10. The van der Waals surface area contributed by atoms with Gasteiger partial charge in [-0.2, -0.15) is 4.31 Å². The number of sulfonamides is 1. The minimum absolute atomic E-state index is 0.306. The zero-order valence-corrected chi connectivity index (χ0v) is 13.6. The quantitative estimate of drug-likeness (QED) is 0.923. The van der Waals surface area contributed by atoms with Crippen molar-refractivity contribution < 1.29 is 13.3 Å². The van der Waals surface area contributed by atoms with Crippen LogP contribution < -0.4 is 4.90 Å². The van der Waals surface area contributed by atoms with Crippen LogP contribution in [0.1, 0.15) is 0 Å². The van der Waals surface area contributed by atoms with Crippen molar-refractivity contribution in [1.29, 1.82) is 0 Å². The Hall–Kier alpha value is -1.40. The molecule has 0 unspecified atom stereocenters. The third kappa shape index (κ3) is 3.17. The average Bonchev–Trinajstić information content (AvgIpc) is 2.56. The Labute approximate surface area is 136 Å². The van der Waals surface area contributed by atoms with E-state index in [2.05, 4.69) is 12.1 Å². The number of hydrogen-bond donors (Lipinski definition) is 1. The van der Waals surface area contributed by atoms with Crippen LogP contribution in [0.5, 0.6) is 0 Å². The van der Waals surface area contributed by atoms with Gasteiger partial charge in [-0.25, -0.2) is 8.42 Å². The second-order valence-electron chi connectivity index (χ2n) is 5.33. The minimum atomic E-state index is -3.42. The molecule has 0 bridgehead atoms. The molecule has 1 saturated heterocycles. The first-order valence-electron chi connectivity index (χ1n) is 7.23. The summed E-state index contributed by atoms with van der Waals surface area (Å²) in [7, 11) is -3.42. The van der Waals surface area contributed by atoms with E-state index < -0.39 is 10.0 Å². The summed E-state index contributed by atoms with van der Waals surface area (Å²) < 4.78 is 26.8. The summed E-state index contributed by atoms with van der Waals surface area (Å²) in [4.78, 5) is 1.63. The maximum atomic E-state index is 12.6. The fraction of sp³-hybridized carbons (Fsp3) is 0.250. The number of nitrogens with zero attached hydrogens (tertiary/aromatic N) is 1. The third-order valence-corrected chi connectivity index (χ3v) is 6.12. The van der Waals surface area contributed by atoms with Crippen molar-refractivity contribution in [2.75, 3.05) is 26.2 Å². The predicted molar refractivity (Wildman–Crippen MR) is 87.0 cm³/mol. The molecule has 1 heterocycles. The summed E-state index contributed by atoms with van der Waals surface area (Å²) >= 11 is 5.82. The van der Waals surface area contributed by atoms with Crippen LogP contribution in [0.25, 0.3) is 0 Å². The molecule has 116 valence electrons. The first kappa shape index (κ1) is 15.5.